The summed E-state index contributed by atoms with van der Waals surface area (Å²) >= 11 is 0. The van der Waals surface area contributed by atoms with Crippen LogP contribution in [-0.2, 0) is 4.74 Å². The second-order valence-electron chi connectivity index (χ2n) is 5.12. The predicted molar refractivity (Wildman–Crippen MR) is 68.5 cm³/mol. The summed E-state index contributed by atoms with van der Waals surface area (Å²) in [6.45, 7) is 4.98. The Morgan fingerprint density at radius 1 is 1.38 bits per heavy atom. The lowest BCUT2D eigenvalue weighted by Gasteiger charge is -2.40. The zero-order valence-corrected chi connectivity index (χ0v) is 11.1. The van der Waals surface area contributed by atoms with Gasteiger partial charge in [0, 0.05) is 19.7 Å². The van der Waals surface area contributed by atoms with E-state index in [0.29, 0.717) is 12.0 Å². The minimum absolute atomic E-state index is 0.666. The SMILES string of the molecule is CCC1CCC(CN)C(N(C)CCOC)C1. The summed E-state index contributed by atoms with van der Waals surface area (Å²) < 4.78 is 5.15. The third-order valence-electron chi connectivity index (χ3n) is 4.16. The van der Waals surface area contributed by atoms with Crippen molar-refractivity contribution in [1.29, 1.82) is 0 Å². The molecule has 0 bridgehead atoms. The Morgan fingerprint density at radius 2 is 2.12 bits per heavy atom. The molecular weight excluding hydrogens is 200 g/mol. The van der Waals surface area contributed by atoms with E-state index in [0.717, 1.165) is 25.6 Å². The first kappa shape index (κ1) is 13.9. The largest absolute Gasteiger partial charge is 0.383 e. The molecule has 3 nitrogen and oxygen atoms in total. The number of methoxy groups -OCH3 is 1. The molecule has 1 aliphatic rings. The molecule has 1 rings (SSSR count). The van der Waals surface area contributed by atoms with Gasteiger partial charge in [0.15, 0.2) is 0 Å². The molecule has 3 heteroatoms. The average Bonchev–Trinajstić information content (AvgIpc) is 2.35. The van der Waals surface area contributed by atoms with Crippen LogP contribution in [-0.4, -0.2) is 44.8 Å². The van der Waals surface area contributed by atoms with Gasteiger partial charge in [0.25, 0.3) is 0 Å². The molecule has 0 heterocycles. The molecule has 0 saturated heterocycles. The predicted octanol–water partition coefficient (Wildman–Crippen LogP) is 1.72. The van der Waals surface area contributed by atoms with Crippen molar-refractivity contribution in [3.8, 4) is 0 Å². The molecule has 0 aromatic carbocycles. The van der Waals surface area contributed by atoms with Gasteiger partial charge in [-0.25, -0.2) is 0 Å². The molecule has 0 radical (unpaired) electrons. The summed E-state index contributed by atoms with van der Waals surface area (Å²) in [4.78, 5) is 2.45. The summed E-state index contributed by atoms with van der Waals surface area (Å²) in [5.74, 6) is 1.59. The van der Waals surface area contributed by atoms with Gasteiger partial charge in [-0.2, -0.15) is 0 Å². The second-order valence-corrected chi connectivity index (χ2v) is 5.12. The molecule has 2 N–H and O–H groups in total. The fourth-order valence-corrected chi connectivity index (χ4v) is 2.88. The summed E-state index contributed by atoms with van der Waals surface area (Å²) in [5.41, 5.74) is 5.89. The monoisotopic (exact) mass is 228 g/mol. The van der Waals surface area contributed by atoms with Gasteiger partial charge in [0.05, 0.1) is 6.61 Å². The molecule has 3 unspecified atom stereocenters. The molecule has 0 aromatic heterocycles. The van der Waals surface area contributed by atoms with Crippen LogP contribution in [0.15, 0.2) is 0 Å². The lowest BCUT2D eigenvalue weighted by atomic mass is 9.76. The molecular formula is C13H28N2O. The Kier molecular flexibility index (Phi) is 6.32. The van der Waals surface area contributed by atoms with Crippen LogP contribution in [0.2, 0.25) is 0 Å². The topological polar surface area (TPSA) is 38.5 Å². The molecule has 1 fully saturated rings. The summed E-state index contributed by atoms with van der Waals surface area (Å²) in [5, 5.41) is 0. The van der Waals surface area contributed by atoms with Crippen LogP contribution in [0.5, 0.6) is 0 Å². The van der Waals surface area contributed by atoms with Crippen molar-refractivity contribution in [3.05, 3.63) is 0 Å². The van der Waals surface area contributed by atoms with Gasteiger partial charge in [-0.3, -0.25) is 0 Å². The number of hydrogen-bond acceptors (Lipinski definition) is 3. The van der Waals surface area contributed by atoms with Crippen LogP contribution in [0.3, 0.4) is 0 Å². The highest BCUT2D eigenvalue weighted by atomic mass is 16.5. The van der Waals surface area contributed by atoms with E-state index >= 15 is 0 Å². The van der Waals surface area contributed by atoms with Crippen LogP contribution in [0.1, 0.15) is 32.6 Å². The minimum atomic E-state index is 0.666. The van der Waals surface area contributed by atoms with E-state index in [1.54, 1.807) is 7.11 Å². The van der Waals surface area contributed by atoms with Gasteiger partial charge in [0.2, 0.25) is 0 Å². The summed E-state index contributed by atoms with van der Waals surface area (Å²) in [6, 6.07) is 0.666. The Labute approximate surface area is 100 Å². The molecule has 1 saturated carbocycles. The fourth-order valence-electron chi connectivity index (χ4n) is 2.88. The van der Waals surface area contributed by atoms with E-state index in [-0.39, 0.29) is 0 Å². The van der Waals surface area contributed by atoms with Crippen molar-refractivity contribution in [1.82, 2.24) is 4.90 Å². The maximum atomic E-state index is 5.89. The van der Waals surface area contributed by atoms with E-state index in [4.69, 9.17) is 10.5 Å². The smallest absolute Gasteiger partial charge is 0.0589 e. The molecule has 0 aromatic rings. The minimum Gasteiger partial charge on any atom is -0.383 e. The highest BCUT2D eigenvalue weighted by molar-refractivity contribution is 4.86. The second kappa shape index (κ2) is 7.25. The standard InChI is InChI=1S/C13H28N2O/c1-4-11-5-6-12(10-14)13(9-11)15(2)7-8-16-3/h11-13H,4-10,14H2,1-3H3. The van der Waals surface area contributed by atoms with Crippen molar-refractivity contribution in [3.63, 3.8) is 0 Å². The van der Waals surface area contributed by atoms with Crippen molar-refractivity contribution in [2.24, 2.45) is 17.6 Å². The van der Waals surface area contributed by atoms with E-state index in [9.17, 15) is 0 Å². The van der Waals surface area contributed by atoms with Crippen LogP contribution in [0.25, 0.3) is 0 Å². The van der Waals surface area contributed by atoms with E-state index in [2.05, 4.69) is 18.9 Å². The maximum absolute atomic E-state index is 5.89. The number of rotatable bonds is 6. The van der Waals surface area contributed by atoms with Gasteiger partial charge in [-0.05, 0) is 38.3 Å². The number of hydrogen-bond donors (Lipinski definition) is 1. The van der Waals surface area contributed by atoms with Crippen LogP contribution in [0.4, 0.5) is 0 Å². The highest BCUT2D eigenvalue weighted by Crippen LogP contribution is 2.32. The average molecular weight is 228 g/mol. The molecule has 0 aliphatic heterocycles. The number of nitrogens with two attached hydrogens (primary N) is 1. The van der Waals surface area contributed by atoms with Crippen molar-refractivity contribution >= 4 is 0 Å². The van der Waals surface area contributed by atoms with Gasteiger partial charge in [0.1, 0.15) is 0 Å². The van der Waals surface area contributed by atoms with Gasteiger partial charge >= 0.3 is 0 Å². The zero-order chi connectivity index (χ0) is 12.0. The van der Waals surface area contributed by atoms with Gasteiger partial charge < -0.3 is 15.4 Å². The molecule has 16 heavy (non-hydrogen) atoms. The van der Waals surface area contributed by atoms with Crippen molar-refractivity contribution in [2.45, 2.75) is 38.6 Å². The number of ether oxygens (including phenoxy) is 1. The first-order valence-corrected chi connectivity index (χ1v) is 6.62. The van der Waals surface area contributed by atoms with Crippen LogP contribution >= 0.6 is 0 Å². The van der Waals surface area contributed by atoms with Crippen LogP contribution < -0.4 is 5.73 Å². The maximum Gasteiger partial charge on any atom is 0.0589 e. The normalized spacial score (nSPS) is 30.9. The highest BCUT2D eigenvalue weighted by Gasteiger charge is 2.31. The molecule has 0 amide bonds. The molecule has 0 spiro atoms. The van der Waals surface area contributed by atoms with E-state index < -0.39 is 0 Å². The lowest BCUT2D eigenvalue weighted by Crippen LogP contribution is -2.46. The van der Waals surface area contributed by atoms with E-state index in [1.807, 2.05) is 0 Å². The summed E-state index contributed by atoms with van der Waals surface area (Å²) in [7, 11) is 3.98. The molecule has 96 valence electrons. The van der Waals surface area contributed by atoms with Crippen molar-refractivity contribution < 1.29 is 4.74 Å². The van der Waals surface area contributed by atoms with E-state index in [1.165, 1.54) is 25.7 Å². The van der Waals surface area contributed by atoms with Crippen LogP contribution in [0, 0.1) is 11.8 Å². The Morgan fingerprint density at radius 3 is 2.69 bits per heavy atom. The molecule has 3 atom stereocenters. The Bertz CT molecular complexity index is 187. The third kappa shape index (κ3) is 3.72. The van der Waals surface area contributed by atoms with Gasteiger partial charge in [-0.15, -0.1) is 0 Å². The van der Waals surface area contributed by atoms with Gasteiger partial charge in [-0.1, -0.05) is 19.8 Å². The quantitative estimate of drug-likeness (QED) is 0.752. The fraction of sp³-hybridized carbons (Fsp3) is 1.00. The zero-order valence-electron chi connectivity index (χ0n) is 11.1. The Balaban J connectivity index is 2.49. The Hall–Kier alpha value is -0.120. The molecule has 1 aliphatic carbocycles. The number of likely N-dealkylation sites (N-methyl/N-ethyl adjacent to an activating group) is 1. The first-order valence-electron chi connectivity index (χ1n) is 6.62. The third-order valence-corrected chi connectivity index (χ3v) is 4.16. The lowest BCUT2D eigenvalue weighted by molar-refractivity contribution is 0.0749. The van der Waals surface area contributed by atoms with Crippen molar-refractivity contribution in [2.75, 3.05) is 33.9 Å². The number of nitrogens with zero attached hydrogens (tertiary/aromatic N) is 1. The first-order chi connectivity index (χ1) is 7.72. The summed E-state index contributed by atoms with van der Waals surface area (Å²) in [6.07, 6.45) is 5.30.